The van der Waals surface area contributed by atoms with Gasteiger partial charge in [-0.1, -0.05) is 18.2 Å². The quantitative estimate of drug-likeness (QED) is 0.575. The number of nitrogens with one attached hydrogen (secondary N) is 1. The highest BCUT2D eigenvalue weighted by molar-refractivity contribution is 5.80. The Morgan fingerprint density at radius 3 is 2.63 bits per heavy atom. The predicted molar refractivity (Wildman–Crippen MR) is 66.1 cm³/mol. The number of hydrogen-bond donors (Lipinski definition) is 1. The lowest BCUT2D eigenvalue weighted by Crippen LogP contribution is -2.30. The molecule has 0 radical (unpaired) electrons. The lowest BCUT2D eigenvalue weighted by Gasteiger charge is -2.06. The molecule has 6 nitrogen and oxygen atoms in total. The number of para-hydroxylation sites is 1. The average molecular weight is 262 g/mol. The van der Waals surface area contributed by atoms with Crippen LogP contribution in [0.25, 0.3) is 0 Å². The second-order valence-corrected chi connectivity index (χ2v) is 3.52. The van der Waals surface area contributed by atoms with Crippen LogP contribution < -0.4 is 10.1 Å². The van der Waals surface area contributed by atoms with Gasteiger partial charge in [0.05, 0.1) is 12.5 Å². The fourth-order valence-electron chi connectivity index (χ4n) is 1.16. The van der Waals surface area contributed by atoms with Gasteiger partial charge in [0.25, 0.3) is 5.91 Å². The fraction of sp³-hybridized carbons (Fsp3) is 0.308. The van der Waals surface area contributed by atoms with Gasteiger partial charge < -0.3 is 14.8 Å². The standard InChI is InChI=1S/C13H14N2O4/c14-7-4-8-15-12(16)9-19-13(17)10-18-11-5-2-1-3-6-11/h1-3,5-6H,4,8-10H2,(H,15,16). The fourth-order valence-corrected chi connectivity index (χ4v) is 1.16. The van der Waals surface area contributed by atoms with Crippen LogP contribution in [0.5, 0.6) is 5.75 Å². The maximum Gasteiger partial charge on any atom is 0.344 e. The third kappa shape index (κ3) is 6.68. The van der Waals surface area contributed by atoms with E-state index in [4.69, 9.17) is 14.7 Å². The van der Waals surface area contributed by atoms with Crippen molar-refractivity contribution in [2.45, 2.75) is 6.42 Å². The van der Waals surface area contributed by atoms with Gasteiger partial charge in [-0.15, -0.1) is 0 Å². The Morgan fingerprint density at radius 1 is 1.21 bits per heavy atom. The van der Waals surface area contributed by atoms with Gasteiger partial charge in [-0.25, -0.2) is 4.79 Å². The first-order valence-electron chi connectivity index (χ1n) is 5.69. The van der Waals surface area contributed by atoms with Crippen LogP contribution in [-0.4, -0.2) is 31.6 Å². The number of rotatable bonds is 7. The molecule has 1 aromatic carbocycles. The van der Waals surface area contributed by atoms with Crippen molar-refractivity contribution in [3.63, 3.8) is 0 Å². The van der Waals surface area contributed by atoms with Crippen LogP contribution in [0.15, 0.2) is 30.3 Å². The largest absolute Gasteiger partial charge is 0.482 e. The summed E-state index contributed by atoms with van der Waals surface area (Å²) in [6, 6.07) is 10.7. The normalized spacial score (nSPS) is 9.21. The van der Waals surface area contributed by atoms with E-state index in [1.165, 1.54) is 0 Å². The average Bonchev–Trinajstić information content (AvgIpc) is 2.44. The zero-order valence-corrected chi connectivity index (χ0v) is 10.3. The number of amides is 1. The smallest absolute Gasteiger partial charge is 0.344 e. The van der Waals surface area contributed by atoms with Crippen LogP contribution in [0, 0.1) is 11.3 Å². The molecule has 0 fully saturated rings. The van der Waals surface area contributed by atoms with Crippen LogP contribution in [0.1, 0.15) is 6.42 Å². The van der Waals surface area contributed by atoms with Crippen molar-refractivity contribution in [1.82, 2.24) is 5.32 Å². The molecule has 0 aromatic heterocycles. The van der Waals surface area contributed by atoms with E-state index < -0.39 is 11.9 Å². The molecule has 0 heterocycles. The molecule has 0 bridgehead atoms. The number of hydrogen-bond acceptors (Lipinski definition) is 5. The van der Waals surface area contributed by atoms with Gasteiger partial charge in [0.15, 0.2) is 13.2 Å². The second kappa shape index (κ2) is 8.53. The lowest BCUT2D eigenvalue weighted by molar-refractivity contribution is -0.150. The highest BCUT2D eigenvalue weighted by Crippen LogP contribution is 2.07. The summed E-state index contributed by atoms with van der Waals surface area (Å²) in [6.07, 6.45) is 0.219. The number of nitrogens with zero attached hydrogens (tertiary/aromatic N) is 1. The van der Waals surface area contributed by atoms with Crippen molar-refractivity contribution in [2.24, 2.45) is 0 Å². The molecule has 0 unspecified atom stereocenters. The zero-order valence-electron chi connectivity index (χ0n) is 10.3. The molecule has 0 aliphatic rings. The Labute approximate surface area is 110 Å². The van der Waals surface area contributed by atoms with Crippen molar-refractivity contribution < 1.29 is 19.1 Å². The highest BCUT2D eigenvalue weighted by atomic mass is 16.6. The first-order valence-corrected chi connectivity index (χ1v) is 5.69. The number of carbonyl (C=O) groups is 2. The van der Waals surface area contributed by atoms with Gasteiger partial charge in [-0.05, 0) is 12.1 Å². The number of carbonyl (C=O) groups excluding carboxylic acids is 2. The Bertz CT molecular complexity index is 453. The van der Waals surface area contributed by atoms with Crippen molar-refractivity contribution in [1.29, 1.82) is 5.26 Å². The molecule has 0 atom stereocenters. The Balaban J connectivity index is 2.14. The maximum atomic E-state index is 11.3. The summed E-state index contributed by atoms with van der Waals surface area (Å²) in [5.74, 6) is -0.513. The van der Waals surface area contributed by atoms with E-state index in [1.807, 2.05) is 12.1 Å². The van der Waals surface area contributed by atoms with Gasteiger partial charge in [0.1, 0.15) is 5.75 Å². The minimum atomic E-state index is -0.626. The first-order chi connectivity index (χ1) is 9.22. The van der Waals surface area contributed by atoms with Crippen LogP contribution in [0.3, 0.4) is 0 Å². The molecule has 0 saturated heterocycles. The van der Waals surface area contributed by atoms with Crippen molar-refractivity contribution >= 4 is 11.9 Å². The maximum absolute atomic E-state index is 11.3. The lowest BCUT2D eigenvalue weighted by atomic mass is 10.3. The first kappa shape index (κ1) is 14.5. The van der Waals surface area contributed by atoms with Gasteiger partial charge in [0, 0.05) is 6.54 Å². The number of benzene rings is 1. The number of ether oxygens (including phenoxy) is 2. The third-order valence-electron chi connectivity index (χ3n) is 2.02. The molecule has 19 heavy (non-hydrogen) atoms. The number of nitriles is 1. The summed E-state index contributed by atoms with van der Waals surface area (Å²) in [7, 11) is 0. The molecule has 1 N–H and O–H groups in total. The molecule has 100 valence electrons. The minimum absolute atomic E-state index is 0.219. The van der Waals surface area contributed by atoms with Crippen LogP contribution in [0.4, 0.5) is 0 Å². The van der Waals surface area contributed by atoms with E-state index in [0.29, 0.717) is 5.75 Å². The highest BCUT2D eigenvalue weighted by Gasteiger charge is 2.07. The molecule has 6 heteroatoms. The monoisotopic (exact) mass is 262 g/mol. The molecule has 0 saturated carbocycles. The molecule has 0 spiro atoms. The van der Waals surface area contributed by atoms with Gasteiger partial charge in [-0.2, -0.15) is 5.26 Å². The summed E-state index contributed by atoms with van der Waals surface area (Å²) >= 11 is 0. The Hall–Kier alpha value is -2.55. The van der Waals surface area contributed by atoms with Gasteiger partial charge in [0.2, 0.25) is 0 Å². The topological polar surface area (TPSA) is 88.4 Å². The summed E-state index contributed by atoms with van der Waals surface area (Å²) in [4.78, 5) is 22.4. The molecule has 0 aliphatic carbocycles. The van der Waals surface area contributed by atoms with Gasteiger partial charge >= 0.3 is 5.97 Å². The van der Waals surface area contributed by atoms with Crippen molar-refractivity contribution in [3.8, 4) is 11.8 Å². The van der Waals surface area contributed by atoms with E-state index in [-0.39, 0.29) is 26.2 Å². The van der Waals surface area contributed by atoms with E-state index in [9.17, 15) is 9.59 Å². The summed E-state index contributed by atoms with van der Waals surface area (Å²) < 4.78 is 9.85. The van der Waals surface area contributed by atoms with E-state index in [1.54, 1.807) is 24.3 Å². The zero-order chi connectivity index (χ0) is 13.9. The van der Waals surface area contributed by atoms with Crippen molar-refractivity contribution in [2.75, 3.05) is 19.8 Å². The molecular weight excluding hydrogens is 248 g/mol. The van der Waals surface area contributed by atoms with Crippen LogP contribution in [0.2, 0.25) is 0 Å². The SMILES string of the molecule is N#CCCNC(=O)COC(=O)COc1ccccc1. The summed E-state index contributed by atoms with van der Waals surface area (Å²) in [5.41, 5.74) is 0. The van der Waals surface area contributed by atoms with E-state index in [0.717, 1.165) is 0 Å². The molecule has 0 aliphatic heterocycles. The molecular formula is C13H14N2O4. The van der Waals surface area contributed by atoms with Crippen molar-refractivity contribution in [3.05, 3.63) is 30.3 Å². The second-order valence-electron chi connectivity index (χ2n) is 3.52. The molecule has 1 rings (SSSR count). The molecule has 1 aromatic rings. The minimum Gasteiger partial charge on any atom is -0.482 e. The van der Waals surface area contributed by atoms with Crippen LogP contribution >= 0.6 is 0 Å². The summed E-state index contributed by atoms with van der Waals surface area (Å²) in [5, 5.41) is 10.7. The van der Waals surface area contributed by atoms with Crippen LogP contribution in [-0.2, 0) is 14.3 Å². The van der Waals surface area contributed by atoms with E-state index >= 15 is 0 Å². The van der Waals surface area contributed by atoms with E-state index in [2.05, 4.69) is 5.32 Å². The molecule has 1 amide bonds. The Morgan fingerprint density at radius 2 is 1.95 bits per heavy atom. The Kier molecular flexibility index (Phi) is 6.51. The summed E-state index contributed by atoms with van der Waals surface area (Å²) in [6.45, 7) is -0.384. The number of esters is 1. The third-order valence-corrected chi connectivity index (χ3v) is 2.02. The van der Waals surface area contributed by atoms with Gasteiger partial charge in [-0.3, -0.25) is 4.79 Å². The predicted octanol–water partition coefficient (Wildman–Crippen LogP) is 0.638.